The first kappa shape index (κ1) is 18.4. The molecule has 2 saturated carbocycles. The molecule has 4 nitrogen and oxygen atoms in total. The van der Waals surface area contributed by atoms with Gasteiger partial charge in [-0.3, -0.25) is 9.59 Å². The number of carbonyl (C=O) groups is 2. The van der Waals surface area contributed by atoms with Crippen molar-refractivity contribution < 1.29 is 14.3 Å². The summed E-state index contributed by atoms with van der Waals surface area (Å²) in [6.45, 7) is 4.74. The molecule has 0 saturated heterocycles. The van der Waals surface area contributed by atoms with Gasteiger partial charge in [0.1, 0.15) is 5.78 Å². The van der Waals surface area contributed by atoms with Crippen molar-refractivity contribution in [1.82, 2.24) is 5.32 Å². The van der Waals surface area contributed by atoms with Crippen LogP contribution in [0.5, 0.6) is 0 Å². The van der Waals surface area contributed by atoms with Gasteiger partial charge in [0.25, 0.3) is 0 Å². The van der Waals surface area contributed by atoms with Gasteiger partial charge in [0, 0.05) is 30.9 Å². The average Bonchev–Trinajstić information content (AvgIpc) is 2.54. The third kappa shape index (κ3) is 5.91. The first-order chi connectivity index (χ1) is 11.1. The van der Waals surface area contributed by atoms with Crippen LogP contribution in [0.25, 0.3) is 0 Å². The van der Waals surface area contributed by atoms with E-state index in [1.165, 1.54) is 32.1 Å². The Morgan fingerprint density at radius 3 is 2.52 bits per heavy atom. The number of nitrogens with one attached hydrogen (secondary N) is 1. The summed E-state index contributed by atoms with van der Waals surface area (Å²) in [4.78, 5) is 23.9. The molecule has 1 unspecified atom stereocenters. The van der Waals surface area contributed by atoms with Gasteiger partial charge in [-0.15, -0.1) is 0 Å². The molecule has 4 heteroatoms. The largest absolute Gasteiger partial charge is 0.378 e. The quantitative estimate of drug-likeness (QED) is 0.659. The maximum absolute atomic E-state index is 12.0. The number of carbonyl (C=O) groups excluding carboxylic acids is 2. The second-order valence-electron chi connectivity index (χ2n) is 7.38. The summed E-state index contributed by atoms with van der Waals surface area (Å²) in [6, 6.07) is 0.208. The van der Waals surface area contributed by atoms with E-state index in [9.17, 15) is 9.59 Å². The van der Waals surface area contributed by atoms with Crippen molar-refractivity contribution in [3.05, 3.63) is 0 Å². The molecule has 132 valence electrons. The van der Waals surface area contributed by atoms with Crippen LogP contribution >= 0.6 is 0 Å². The Balaban J connectivity index is 1.50. The third-order valence-corrected chi connectivity index (χ3v) is 5.46. The zero-order valence-electron chi connectivity index (χ0n) is 14.8. The molecule has 23 heavy (non-hydrogen) atoms. The van der Waals surface area contributed by atoms with Crippen LogP contribution in [-0.2, 0) is 14.3 Å². The molecule has 0 aromatic rings. The number of hydrogen-bond acceptors (Lipinski definition) is 3. The number of rotatable bonds is 9. The van der Waals surface area contributed by atoms with Crippen molar-refractivity contribution in [2.24, 2.45) is 11.8 Å². The predicted molar refractivity (Wildman–Crippen MR) is 91.2 cm³/mol. The minimum atomic E-state index is 0.108. The molecule has 2 aliphatic rings. The Morgan fingerprint density at radius 2 is 1.87 bits per heavy atom. The van der Waals surface area contributed by atoms with Crippen molar-refractivity contribution in [2.45, 2.75) is 90.2 Å². The van der Waals surface area contributed by atoms with Gasteiger partial charge in [0.2, 0.25) is 5.91 Å². The van der Waals surface area contributed by atoms with Crippen LogP contribution in [0.4, 0.5) is 0 Å². The molecule has 2 rings (SSSR count). The van der Waals surface area contributed by atoms with Gasteiger partial charge in [-0.05, 0) is 38.5 Å². The van der Waals surface area contributed by atoms with Gasteiger partial charge in [-0.25, -0.2) is 0 Å². The SMILES string of the molecule is CCC(C)C(=O)C1CC(NC(=O)CCCOC2CCCCC2)C1. The number of hydrogen-bond donors (Lipinski definition) is 1. The van der Waals surface area contributed by atoms with E-state index < -0.39 is 0 Å². The van der Waals surface area contributed by atoms with Crippen LogP contribution in [0.15, 0.2) is 0 Å². The molecule has 0 bridgehead atoms. The van der Waals surface area contributed by atoms with Crippen LogP contribution in [0.1, 0.15) is 78.1 Å². The fraction of sp³-hybridized carbons (Fsp3) is 0.895. The molecular formula is C19H33NO3. The van der Waals surface area contributed by atoms with Gasteiger partial charge < -0.3 is 10.1 Å². The zero-order valence-corrected chi connectivity index (χ0v) is 14.8. The number of amides is 1. The summed E-state index contributed by atoms with van der Waals surface area (Å²) in [5, 5.41) is 3.05. The minimum absolute atomic E-state index is 0.108. The summed E-state index contributed by atoms with van der Waals surface area (Å²) >= 11 is 0. The van der Waals surface area contributed by atoms with Gasteiger partial charge in [-0.2, -0.15) is 0 Å². The fourth-order valence-corrected chi connectivity index (χ4v) is 3.59. The maximum Gasteiger partial charge on any atom is 0.220 e. The monoisotopic (exact) mass is 323 g/mol. The normalized spacial score (nSPS) is 26.3. The second kappa shape index (κ2) is 9.41. The van der Waals surface area contributed by atoms with Gasteiger partial charge in [0.15, 0.2) is 0 Å². The third-order valence-electron chi connectivity index (χ3n) is 5.46. The standard InChI is InChI=1S/C19H33NO3/c1-3-14(2)19(22)15-12-16(13-15)20-18(21)10-7-11-23-17-8-5-4-6-9-17/h14-17H,3-13H2,1-2H3,(H,20,21). The van der Waals surface area contributed by atoms with E-state index in [4.69, 9.17) is 4.74 Å². The van der Waals surface area contributed by atoms with Crippen molar-refractivity contribution >= 4 is 11.7 Å². The van der Waals surface area contributed by atoms with Crippen molar-refractivity contribution in [3.8, 4) is 0 Å². The van der Waals surface area contributed by atoms with Gasteiger partial charge in [-0.1, -0.05) is 33.1 Å². The molecule has 1 atom stereocenters. The molecular weight excluding hydrogens is 290 g/mol. The lowest BCUT2D eigenvalue weighted by Crippen LogP contribution is -2.47. The molecule has 0 spiro atoms. The van der Waals surface area contributed by atoms with Crippen molar-refractivity contribution in [1.29, 1.82) is 0 Å². The Bertz CT molecular complexity index is 384. The molecule has 2 fully saturated rings. The number of Topliss-reactive ketones (excluding diaryl/α,β-unsaturated/α-hetero) is 1. The minimum Gasteiger partial charge on any atom is -0.378 e. The number of ether oxygens (including phenoxy) is 1. The Hall–Kier alpha value is -0.900. The van der Waals surface area contributed by atoms with E-state index in [1.54, 1.807) is 0 Å². The predicted octanol–water partition coefficient (Wildman–Crippen LogP) is 3.63. The lowest BCUT2D eigenvalue weighted by molar-refractivity contribution is -0.132. The smallest absolute Gasteiger partial charge is 0.220 e. The molecule has 0 aromatic heterocycles. The Morgan fingerprint density at radius 1 is 1.17 bits per heavy atom. The lowest BCUT2D eigenvalue weighted by Gasteiger charge is -2.36. The van der Waals surface area contributed by atoms with Crippen LogP contribution in [0.2, 0.25) is 0 Å². The molecule has 2 aliphatic carbocycles. The summed E-state index contributed by atoms with van der Waals surface area (Å²) in [7, 11) is 0. The molecule has 0 heterocycles. The van der Waals surface area contributed by atoms with E-state index in [-0.39, 0.29) is 23.8 Å². The van der Waals surface area contributed by atoms with E-state index in [0.29, 0.717) is 24.9 Å². The van der Waals surface area contributed by atoms with Crippen LogP contribution in [0, 0.1) is 11.8 Å². The highest BCUT2D eigenvalue weighted by molar-refractivity contribution is 5.84. The van der Waals surface area contributed by atoms with Gasteiger partial charge >= 0.3 is 0 Å². The van der Waals surface area contributed by atoms with E-state index in [0.717, 1.165) is 25.7 Å². The highest BCUT2D eigenvalue weighted by Gasteiger charge is 2.36. The second-order valence-corrected chi connectivity index (χ2v) is 7.38. The van der Waals surface area contributed by atoms with E-state index in [1.807, 2.05) is 6.92 Å². The molecule has 0 radical (unpaired) electrons. The molecule has 0 aliphatic heterocycles. The fourth-order valence-electron chi connectivity index (χ4n) is 3.59. The van der Waals surface area contributed by atoms with Gasteiger partial charge in [0.05, 0.1) is 6.10 Å². The number of ketones is 1. The van der Waals surface area contributed by atoms with E-state index >= 15 is 0 Å². The van der Waals surface area contributed by atoms with Crippen molar-refractivity contribution in [2.75, 3.05) is 6.61 Å². The highest BCUT2D eigenvalue weighted by atomic mass is 16.5. The Kier molecular flexibility index (Phi) is 7.54. The first-order valence-electron chi connectivity index (χ1n) is 9.54. The summed E-state index contributed by atoms with van der Waals surface area (Å²) in [5.41, 5.74) is 0. The summed E-state index contributed by atoms with van der Waals surface area (Å²) in [5.74, 6) is 0.814. The molecule has 0 aromatic carbocycles. The maximum atomic E-state index is 12.0. The molecule has 1 amide bonds. The first-order valence-corrected chi connectivity index (χ1v) is 9.54. The topological polar surface area (TPSA) is 55.4 Å². The average molecular weight is 323 g/mol. The summed E-state index contributed by atoms with van der Waals surface area (Å²) < 4.78 is 5.84. The molecule has 1 N–H and O–H groups in total. The highest BCUT2D eigenvalue weighted by Crippen LogP contribution is 2.31. The van der Waals surface area contributed by atoms with Crippen LogP contribution < -0.4 is 5.32 Å². The van der Waals surface area contributed by atoms with Crippen LogP contribution in [-0.4, -0.2) is 30.4 Å². The van der Waals surface area contributed by atoms with E-state index in [2.05, 4.69) is 12.2 Å². The summed E-state index contributed by atoms with van der Waals surface area (Å²) in [6.07, 6.45) is 10.6. The lowest BCUT2D eigenvalue weighted by atomic mass is 9.74. The zero-order chi connectivity index (χ0) is 16.7. The van der Waals surface area contributed by atoms with Crippen molar-refractivity contribution in [3.63, 3.8) is 0 Å². The van der Waals surface area contributed by atoms with Crippen LogP contribution in [0.3, 0.4) is 0 Å². The Labute approximate surface area is 140 Å².